The van der Waals surface area contributed by atoms with Gasteiger partial charge in [0.05, 0.1) is 19.4 Å². The Morgan fingerprint density at radius 3 is 2.66 bits per heavy atom. The van der Waals surface area contributed by atoms with Gasteiger partial charge in [-0.15, -0.1) is 11.3 Å². The lowest BCUT2D eigenvalue weighted by molar-refractivity contribution is -0.136. The summed E-state index contributed by atoms with van der Waals surface area (Å²) in [6, 6.07) is 14.2. The number of carbonyl (C=O) groups excluding carboxylic acids is 1. The molecule has 0 unspecified atom stereocenters. The molecule has 0 spiro atoms. The van der Waals surface area contributed by atoms with Gasteiger partial charge in [-0.1, -0.05) is 12.1 Å². The van der Waals surface area contributed by atoms with Crippen LogP contribution < -0.4 is 14.8 Å². The summed E-state index contributed by atoms with van der Waals surface area (Å²) in [5, 5.41) is 5.03. The number of nitrogens with zero attached hydrogens (tertiary/aromatic N) is 1. The molecule has 32 heavy (non-hydrogen) atoms. The second-order valence-corrected chi connectivity index (χ2v) is 7.59. The average Bonchev–Trinajstić information content (AvgIpc) is 3.23. The molecule has 0 fully saturated rings. The molecule has 0 atom stereocenters. The molecule has 0 bridgehead atoms. The number of hydrogen-bond donors (Lipinski definition) is 1. The summed E-state index contributed by atoms with van der Waals surface area (Å²) in [7, 11) is 1.60. The molecule has 9 heteroatoms. The van der Waals surface area contributed by atoms with Gasteiger partial charge in [0.25, 0.3) is 0 Å². The molecular weight excluding hydrogens is 441 g/mol. The van der Waals surface area contributed by atoms with Crippen LogP contribution in [-0.2, 0) is 4.79 Å². The van der Waals surface area contributed by atoms with Crippen LogP contribution in [0, 0.1) is 0 Å². The predicted molar refractivity (Wildman–Crippen MR) is 119 cm³/mol. The zero-order valence-corrected chi connectivity index (χ0v) is 18.0. The van der Waals surface area contributed by atoms with Crippen molar-refractivity contribution in [2.75, 3.05) is 19.0 Å². The fourth-order valence-corrected chi connectivity index (χ4v) is 3.44. The normalized spacial score (nSPS) is 11.5. The van der Waals surface area contributed by atoms with Gasteiger partial charge in [0.15, 0.2) is 5.13 Å². The van der Waals surface area contributed by atoms with E-state index in [9.17, 15) is 18.0 Å². The van der Waals surface area contributed by atoms with E-state index >= 15 is 0 Å². The zero-order chi connectivity index (χ0) is 23.0. The highest BCUT2D eigenvalue weighted by Crippen LogP contribution is 2.26. The van der Waals surface area contributed by atoms with Crippen molar-refractivity contribution in [2.24, 2.45) is 0 Å². The summed E-state index contributed by atoms with van der Waals surface area (Å²) in [5.41, 5.74) is 2.34. The van der Waals surface area contributed by atoms with E-state index in [0.29, 0.717) is 16.4 Å². The van der Waals surface area contributed by atoms with Gasteiger partial charge >= 0.3 is 6.18 Å². The van der Waals surface area contributed by atoms with Gasteiger partial charge in [0, 0.05) is 23.4 Å². The SMILES string of the molecule is COc1ccc(-c2csc(NC(=O)/C=C/c3cccc(OCCCC(F)(F)F)c3)n2)cc1. The quantitative estimate of drug-likeness (QED) is 0.304. The van der Waals surface area contributed by atoms with Gasteiger partial charge in [-0.25, -0.2) is 4.98 Å². The molecule has 1 amide bonds. The maximum absolute atomic E-state index is 12.2. The molecule has 2 aromatic carbocycles. The van der Waals surface area contributed by atoms with Gasteiger partial charge in [0.1, 0.15) is 11.5 Å². The first kappa shape index (κ1) is 23.3. The Morgan fingerprint density at radius 2 is 1.94 bits per heavy atom. The monoisotopic (exact) mass is 462 g/mol. The van der Waals surface area contributed by atoms with E-state index in [1.807, 2.05) is 29.6 Å². The Bertz CT molecular complexity index is 1060. The number of nitrogens with one attached hydrogen (secondary N) is 1. The molecule has 1 N–H and O–H groups in total. The van der Waals surface area contributed by atoms with E-state index in [1.54, 1.807) is 37.5 Å². The summed E-state index contributed by atoms with van der Waals surface area (Å²) in [5.74, 6) is 0.842. The number of anilines is 1. The number of alkyl halides is 3. The molecule has 168 valence electrons. The largest absolute Gasteiger partial charge is 0.497 e. The second kappa shape index (κ2) is 10.8. The summed E-state index contributed by atoms with van der Waals surface area (Å²) in [4.78, 5) is 16.6. The van der Waals surface area contributed by atoms with Crippen molar-refractivity contribution in [2.45, 2.75) is 19.0 Å². The maximum atomic E-state index is 12.2. The Hall–Kier alpha value is -3.33. The minimum atomic E-state index is -4.19. The number of benzene rings is 2. The first-order valence-corrected chi connectivity index (χ1v) is 10.6. The molecule has 0 aliphatic rings. The highest BCUT2D eigenvalue weighted by molar-refractivity contribution is 7.14. The molecular formula is C23H21F3N2O3S. The van der Waals surface area contributed by atoms with Crippen molar-refractivity contribution >= 4 is 28.5 Å². The maximum Gasteiger partial charge on any atom is 0.389 e. The number of rotatable bonds is 9. The third kappa shape index (κ3) is 7.42. The van der Waals surface area contributed by atoms with Gasteiger partial charge in [0.2, 0.25) is 5.91 Å². The van der Waals surface area contributed by atoms with Crippen LogP contribution in [-0.4, -0.2) is 30.8 Å². The van der Waals surface area contributed by atoms with Crippen molar-refractivity contribution in [1.82, 2.24) is 4.98 Å². The Morgan fingerprint density at radius 1 is 1.16 bits per heavy atom. The molecule has 0 radical (unpaired) electrons. The van der Waals surface area contributed by atoms with Crippen LogP contribution in [0.3, 0.4) is 0 Å². The molecule has 0 saturated carbocycles. The number of amides is 1. The standard InChI is InChI=1S/C23H21F3N2O3S/c1-30-18-9-7-17(8-10-18)20-15-32-22(27-20)28-21(29)11-6-16-4-2-5-19(14-16)31-13-3-12-23(24,25)26/h2,4-11,14-15H,3,12-13H2,1H3,(H,27,28,29)/b11-6+. The fourth-order valence-electron chi connectivity index (χ4n) is 2.72. The Labute approximate surface area is 187 Å². The molecule has 0 aliphatic carbocycles. The molecule has 3 rings (SSSR count). The Kier molecular flexibility index (Phi) is 7.88. The molecule has 1 aromatic heterocycles. The molecule has 5 nitrogen and oxygen atoms in total. The molecule has 1 heterocycles. The van der Waals surface area contributed by atoms with Crippen LogP contribution in [0.25, 0.3) is 17.3 Å². The Balaban J connectivity index is 1.52. The minimum Gasteiger partial charge on any atom is -0.497 e. The number of thiazole rings is 1. The van der Waals surface area contributed by atoms with E-state index in [1.165, 1.54) is 17.4 Å². The van der Waals surface area contributed by atoms with Crippen LogP contribution in [0.2, 0.25) is 0 Å². The average molecular weight is 462 g/mol. The van der Waals surface area contributed by atoms with Gasteiger partial charge in [-0.3, -0.25) is 10.1 Å². The van der Waals surface area contributed by atoms with Crippen molar-refractivity contribution < 1.29 is 27.4 Å². The number of carbonyl (C=O) groups is 1. The van der Waals surface area contributed by atoms with E-state index < -0.39 is 12.6 Å². The van der Waals surface area contributed by atoms with Crippen molar-refractivity contribution in [3.05, 3.63) is 65.6 Å². The first-order valence-electron chi connectivity index (χ1n) is 9.71. The molecule has 0 aliphatic heterocycles. The highest BCUT2D eigenvalue weighted by atomic mass is 32.1. The highest BCUT2D eigenvalue weighted by Gasteiger charge is 2.26. The van der Waals surface area contributed by atoms with E-state index in [4.69, 9.17) is 9.47 Å². The number of halogens is 3. The van der Waals surface area contributed by atoms with Crippen LogP contribution in [0.4, 0.5) is 18.3 Å². The predicted octanol–water partition coefficient (Wildman–Crippen LogP) is 6.19. The minimum absolute atomic E-state index is 0.0340. The van der Waals surface area contributed by atoms with Gasteiger partial charge in [-0.05, 0) is 54.5 Å². The number of methoxy groups -OCH3 is 1. The third-order valence-electron chi connectivity index (χ3n) is 4.28. The summed E-state index contributed by atoms with van der Waals surface area (Å²) >= 11 is 1.31. The van der Waals surface area contributed by atoms with Crippen molar-refractivity contribution in [3.63, 3.8) is 0 Å². The van der Waals surface area contributed by atoms with Crippen LogP contribution in [0.1, 0.15) is 18.4 Å². The number of aromatic nitrogens is 1. The van der Waals surface area contributed by atoms with Crippen molar-refractivity contribution in [1.29, 1.82) is 0 Å². The van der Waals surface area contributed by atoms with Gasteiger partial charge in [-0.2, -0.15) is 13.2 Å². The smallest absolute Gasteiger partial charge is 0.389 e. The summed E-state index contributed by atoms with van der Waals surface area (Å²) < 4.78 is 47.0. The fraction of sp³-hybridized carbons (Fsp3) is 0.217. The van der Waals surface area contributed by atoms with E-state index in [0.717, 1.165) is 17.0 Å². The van der Waals surface area contributed by atoms with Gasteiger partial charge < -0.3 is 9.47 Å². The van der Waals surface area contributed by atoms with E-state index in [2.05, 4.69) is 10.3 Å². The lowest BCUT2D eigenvalue weighted by Crippen LogP contribution is -2.09. The zero-order valence-electron chi connectivity index (χ0n) is 17.2. The van der Waals surface area contributed by atoms with Crippen molar-refractivity contribution in [3.8, 4) is 22.8 Å². The lowest BCUT2D eigenvalue weighted by atomic mass is 10.2. The van der Waals surface area contributed by atoms with E-state index in [-0.39, 0.29) is 18.9 Å². The summed E-state index contributed by atoms with van der Waals surface area (Å²) in [6.07, 6.45) is -2.23. The topological polar surface area (TPSA) is 60.5 Å². The molecule has 3 aromatic rings. The first-order chi connectivity index (χ1) is 15.3. The van der Waals surface area contributed by atoms with Crippen LogP contribution >= 0.6 is 11.3 Å². The number of hydrogen-bond acceptors (Lipinski definition) is 5. The number of ether oxygens (including phenoxy) is 2. The summed E-state index contributed by atoms with van der Waals surface area (Å²) in [6.45, 7) is -0.0340. The second-order valence-electron chi connectivity index (χ2n) is 6.73. The van der Waals surface area contributed by atoms with Crippen LogP contribution in [0.5, 0.6) is 11.5 Å². The third-order valence-corrected chi connectivity index (χ3v) is 5.04. The lowest BCUT2D eigenvalue weighted by Gasteiger charge is -2.08. The van der Waals surface area contributed by atoms with Crippen LogP contribution in [0.15, 0.2) is 60.0 Å². The molecule has 0 saturated heterocycles.